The van der Waals surface area contributed by atoms with Crippen LogP contribution >= 0.6 is 11.3 Å². The zero-order valence-corrected chi connectivity index (χ0v) is 16.4. The molecule has 7 nitrogen and oxygen atoms in total. The standard InChI is InChI=1S/C22H16N4O3S/c27-20(14-7-2-1-3-8-14)24-18(13-15-9-6-12-30-15)21(28)26-25-19-16-10-4-5-11-17(16)23-22(19)29/h1-13,23,29H,(H,24,27)/b18-13-,26-25?. The summed E-state index contributed by atoms with van der Waals surface area (Å²) < 4.78 is 0. The van der Waals surface area contributed by atoms with Gasteiger partial charge in [0, 0.05) is 15.8 Å². The van der Waals surface area contributed by atoms with Crippen molar-refractivity contribution in [2.45, 2.75) is 0 Å². The van der Waals surface area contributed by atoms with Crippen molar-refractivity contribution in [3.05, 3.63) is 88.2 Å². The molecule has 2 aromatic heterocycles. The number of para-hydroxylation sites is 1. The van der Waals surface area contributed by atoms with Gasteiger partial charge in [-0.3, -0.25) is 9.59 Å². The lowest BCUT2D eigenvalue weighted by molar-refractivity contribution is -0.115. The molecule has 0 saturated carbocycles. The average Bonchev–Trinajstić information content (AvgIpc) is 3.39. The molecule has 0 saturated heterocycles. The number of aromatic amines is 1. The van der Waals surface area contributed by atoms with Crippen LogP contribution in [0.15, 0.2) is 88.0 Å². The molecule has 0 fully saturated rings. The van der Waals surface area contributed by atoms with Crippen LogP contribution in [0.4, 0.5) is 5.69 Å². The molecular weight excluding hydrogens is 400 g/mol. The molecule has 0 aliphatic rings. The molecular formula is C22H16N4O3S. The largest absolute Gasteiger partial charge is 0.493 e. The molecule has 0 unspecified atom stereocenters. The number of fused-ring (bicyclic) bond motifs is 1. The van der Waals surface area contributed by atoms with Gasteiger partial charge in [-0.25, -0.2) is 0 Å². The number of H-pyrrole nitrogens is 1. The number of azo groups is 1. The smallest absolute Gasteiger partial charge is 0.311 e. The fraction of sp³-hybridized carbons (Fsp3) is 0. The Morgan fingerprint density at radius 3 is 2.53 bits per heavy atom. The minimum Gasteiger partial charge on any atom is -0.493 e. The molecule has 0 atom stereocenters. The Labute approximate surface area is 175 Å². The van der Waals surface area contributed by atoms with Gasteiger partial charge in [-0.05, 0) is 35.7 Å². The molecule has 8 heteroatoms. The lowest BCUT2D eigenvalue weighted by Gasteiger charge is -2.06. The highest BCUT2D eigenvalue weighted by Gasteiger charge is 2.16. The van der Waals surface area contributed by atoms with Crippen LogP contribution < -0.4 is 5.32 Å². The van der Waals surface area contributed by atoms with E-state index in [9.17, 15) is 14.7 Å². The highest BCUT2D eigenvalue weighted by Crippen LogP contribution is 2.35. The van der Waals surface area contributed by atoms with Crippen molar-refractivity contribution in [2.75, 3.05) is 0 Å². The van der Waals surface area contributed by atoms with Crippen molar-refractivity contribution in [3.63, 3.8) is 0 Å². The predicted octanol–water partition coefficient (Wildman–Crippen LogP) is 5.02. The van der Waals surface area contributed by atoms with E-state index in [1.165, 1.54) is 11.3 Å². The Morgan fingerprint density at radius 2 is 1.77 bits per heavy atom. The van der Waals surface area contributed by atoms with Gasteiger partial charge in [0.15, 0.2) is 5.69 Å². The summed E-state index contributed by atoms with van der Waals surface area (Å²) in [5.41, 5.74) is 1.22. The van der Waals surface area contributed by atoms with Gasteiger partial charge in [-0.15, -0.1) is 21.6 Å². The number of amides is 2. The first-order valence-corrected chi connectivity index (χ1v) is 9.87. The first-order valence-electron chi connectivity index (χ1n) is 8.99. The topological polar surface area (TPSA) is 107 Å². The highest BCUT2D eigenvalue weighted by atomic mass is 32.1. The Bertz CT molecular complexity index is 1260. The number of carbonyl (C=O) groups is 2. The third kappa shape index (κ3) is 4.18. The molecule has 148 valence electrons. The van der Waals surface area contributed by atoms with E-state index in [-0.39, 0.29) is 17.3 Å². The molecule has 2 heterocycles. The van der Waals surface area contributed by atoms with E-state index >= 15 is 0 Å². The monoisotopic (exact) mass is 416 g/mol. The molecule has 4 rings (SSSR count). The van der Waals surface area contributed by atoms with Crippen LogP contribution in [0.2, 0.25) is 0 Å². The molecule has 2 amide bonds. The third-order valence-corrected chi connectivity index (χ3v) is 5.06. The van der Waals surface area contributed by atoms with Crippen molar-refractivity contribution in [1.82, 2.24) is 10.3 Å². The highest BCUT2D eigenvalue weighted by molar-refractivity contribution is 7.10. The van der Waals surface area contributed by atoms with Crippen LogP contribution in [-0.4, -0.2) is 21.9 Å². The second-order valence-corrected chi connectivity index (χ2v) is 7.25. The van der Waals surface area contributed by atoms with E-state index in [0.29, 0.717) is 16.5 Å². The van der Waals surface area contributed by atoms with Crippen LogP contribution in [0.25, 0.3) is 17.0 Å². The maximum Gasteiger partial charge on any atom is 0.311 e. The fourth-order valence-corrected chi connectivity index (χ4v) is 3.47. The van der Waals surface area contributed by atoms with Crippen LogP contribution in [-0.2, 0) is 4.79 Å². The number of hydrogen-bond donors (Lipinski definition) is 3. The van der Waals surface area contributed by atoms with E-state index in [0.717, 1.165) is 4.88 Å². The van der Waals surface area contributed by atoms with Gasteiger partial charge in [0.1, 0.15) is 5.70 Å². The van der Waals surface area contributed by atoms with E-state index in [1.54, 1.807) is 54.6 Å². The van der Waals surface area contributed by atoms with E-state index in [4.69, 9.17) is 0 Å². The molecule has 30 heavy (non-hydrogen) atoms. The molecule has 3 N–H and O–H groups in total. The van der Waals surface area contributed by atoms with Crippen LogP contribution in [0.1, 0.15) is 15.2 Å². The van der Waals surface area contributed by atoms with E-state index in [2.05, 4.69) is 20.5 Å². The number of nitrogens with one attached hydrogen (secondary N) is 2. The van der Waals surface area contributed by atoms with Gasteiger partial charge in [-0.2, -0.15) is 0 Å². The number of aromatic nitrogens is 1. The zero-order chi connectivity index (χ0) is 20.9. The Hall–Kier alpha value is -4.04. The number of nitrogens with zero attached hydrogens (tertiary/aromatic N) is 2. The summed E-state index contributed by atoms with van der Waals surface area (Å²) in [4.78, 5) is 28.8. The summed E-state index contributed by atoms with van der Waals surface area (Å²) in [6.07, 6.45) is 1.54. The first kappa shape index (κ1) is 19.3. The SMILES string of the molecule is O=C(N=Nc1c(O)[nH]c2ccccc12)/C(=C/c1cccs1)NC(=O)c1ccccc1. The Kier molecular flexibility index (Phi) is 5.49. The number of benzene rings is 2. The van der Waals surface area contributed by atoms with Crippen molar-refractivity contribution in [1.29, 1.82) is 0 Å². The Morgan fingerprint density at radius 1 is 1.00 bits per heavy atom. The number of rotatable bonds is 5. The van der Waals surface area contributed by atoms with Crippen molar-refractivity contribution >= 4 is 45.8 Å². The summed E-state index contributed by atoms with van der Waals surface area (Å²) in [5.74, 6) is -1.36. The molecule has 0 bridgehead atoms. The van der Waals surface area contributed by atoms with Gasteiger partial charge >= 0.3 is 5.91 Å². The predicted molar refractivity (Wildman–Crippen MR) is 116 cm³/mol. The van der Waals surface area contributed by atoms with Gasteiger partial charge in [0.25, 0.3) is 5.91 Å². The van der Waals surface area contributed by atoms with Gasteiger partial charge in [-0.1, -0.05) is 42.5 Å². The summed E-state index contributed by atoms with van der Waals surface area (Å²) in [6.45, 7) is 0. The summed E-state index contributed by atoms with van der Waals surface area (Å²) >= 11 is 1.41. The van der Waals surface area contributed by atoms with Gasteiger partial charge < -0.3 is 15.4 Å². The molecule has 0 radical (unpaired) electrons. The van der Waals surface area contributed by atoms with Crippen LogP contribution in [0.5, 0.6) is 5.88 Å². The van der Waals surface area contributed by atoms with Crippen LogP contribution in [0, 0.1) is 0 Å². The minimum atomic E-state index is -0.739. The van der Waals surface area contributed by atoms with Crippen molar-refractivity contribution in [3.8, 4) is 5.88 Å². The van der Waals surface area contributed by atoms with Crippen molar-refractivity contribution in [2.24, 2.45) is 10.2 Å². The summed E-state index contributed by atoms with van der Waals surface area (Å²) in [7, 11) is 0. The van der Waals surface area contributed by atoms with Crippen molar-refractivity contribution < 1.29 is 14.7 Å². The normalized spacial score (nSPS) is 11.8. The second-order valence-electron chi connectivity index (χ2n) is 6.27. The average molecular weight is 416 g/mol. The third-order valence-electron chi connectivity index (χ3n) is 4.24. The molecule has 2 aromatic carbocycles. The fourth-order valence-electron chi connectivity index (χ4n) is 2.81. The van der Waals surface area contributed by atoms with Crippen LogP contribution in [0.3, 0.4) is 0 Å². The summed E-state index contributed by atoms with van der Waals surface area (Å²) in [6, 6.07) is 19.3. The first-order chi connectivity index (χ1) is 14.6. The quantitative estimate of drug-likeness (QED) is 0.314. The number of carbonyl (C=O) groups excluding carboxylic acids is 2. The summed E-state index contributed by atoms with van der Waals surface area (Å²) in [5, 5.41) is 22.8. The minimum absolute atomic E-state index is 0.0191. The lowest BCUT2D eigenvalue weighted by atomic mass is 10.2. The number of thiophene rings is 1. The number of hydrogen-bond acceptors (Lipinski definition) is 5. The molecule has 0 aliphatic carbocycles. The lowest BCUT2D eigenvalue weighted by Crippen LogP contribution is -2.26. The number of aromatic hydroxyl groups is 1. The molecule has 4 aromatic rings. The van der Waals surface area contributed by atoms with Gasteiger partial charge in [0.2, 0.25) is 5.88 Å². The van der Waals surface area contributed by atoms with E-state index in [1.807, 2.05) is 23.6 Å². The maximum atomic E-state index is 12.7. The zero-order valence-electron chi connectivity index (χ0n) is 15.6. The maximum absolute atomic E-state index is 12.7. The Balaban J connectivity index is 1.63. The molecule has 0 spiro atoms. The van der Waals surface area contributed by atoms with E-state index < -0.39 is 11.8 Å². The second kappa shape index (κ2) is 8.54. The van der Waals surface area contributed by atoms with Gasteiger partial charge in [0.05, 0.1) is 5.52 Å². The molecule has 0 aliphatic heterocycles.